The van der Waals surface area contributed by atoms with Crippen LogP contribution in [0.5, 0.6) is 0 Å². The number of hydrogen-bond acceptors (Lipinski definition) is 3. The summed E-state index contributed by atoms with van der Waals surface area (Å²) in [6.45, 7) is 6.41. The fraction of sp³-hybridized carbons (Fsp3) is 0.900. The van der Waals surface area contributed by atoms with E-state index in [1.807, 2.05) is 20.8 Å². The molecule has 0 aromatic carbocycles. The van der Waals surface area contributed by atoms with Crippen molar-refractivity contribution >= 4 is 5.91 Å². The molecule has 2 N–H and O–H groups in total. The topological polar surface area (TPSA) is 58.6 Å². The molecule has 0 aromatic rings. The van der Waals surface area contributed by atoms with Crippen LogP contribution in [0.1, 0.15) is 27.2 Å². The summed E-state index contributed by atoms with van der Waals surface area (Å²) in [5, 5.41) is 12.3. The predicted octanol–water partition coefficient (Wildman–Crippen LogP) is 0.298. The third kappa shape index (κ3) is 2.25. The summed E-state index contributed by atoms with van der Waals surface area (Å²) in [6.07, 6.45) is 0.338. The molecule has 0 heterocycles. The summed E-state index contributed by atoms with van der Waals surface area (Å²) in [5.41, 5.74) is -0.206. The van der Waals surface area contributed by atoms with E-state index in [-0.39, 0.29) is 30.1 Å². The number of rotatable bonds is 4. The van der Waals surface area contributed by atoms with Crippen molar-refractivity contribution in [2.24, 2.45) is 5.41 Å². The zero-order valence-corrected chi connectivity index (χ0v) is 9.04. The number of amides is 1. The summed E-state index contributed by atoms with van der Waals surface area (Å²) in [7, 11) is 0. The Morgan fingerprint density at radius 3 is 2.71 bits per heavy atom. The van der Waals surface area contributed by atoms with E-state index >= 15 is 0 Å². The predicted molar refractivity (Wildman–Crippen MR) is 52.8 cm³/mol. The highest BCUT2D eigenvalue weighted by atomic mass is 16.5. The van der Waals surface area contributed by atoms with Gasteiger partial charge in [-0.2, -0.15) is 0 Å². The lowest BCUT2D eigenvalue weighted by atomic mass is 9.64. The fourth-order valence-electron chi connectivity index (χ4n) is 1.58. The Bertz CT molecular complexity index is 215. The van der Waals surface area contributed by atoms with Crippen LogP contribution < -0.4 is 5.32 Å². The molecule has 0 bridgehead atoms. The standard InChI is InChI=1S/C10H19NO3/c1-4-14-6-9(13)11-7-5-8(12)10(7,2)3/h7-8,12H,4-6H2,1-3H3,(H,11,13). The van der Waals surface area contributed by atoms with Gasteiger partial charge in [0, 0.05) is 18.1 Å². The van der Waals surface area contributed by atoms with E-state index in [0.29, 0.717) is 13.0 Å². The van der Waals surface area contributed by atoms with Crippen molar-refractivity contribution in [2.45, 2.75) is 39.3 Å². The van der Waals surface area contributed by atoms with Crippen LogP contribution in [-0.2, 0) is 9.53 Å². The van der Waals surface area contributed by atoms with Gasteiger partial charge in [-0.05, 0) is 13.3 Å². The number of hydrogen-bond donors (Lipinski definition) is 2. The minimum atomic E-state index is -0.306. The van der Waals surface area contributed by atoms with E-state index < -0.39 is 0 Å². The number of nitrogens with one attached hydrogen (secondary N) is 1. The molecule has 0 radical (unpaired) electrons. The molecule has 0 aliphatic heterocycles. The van der Waals surface area contributed by atoms with Crippen LogP contribution in [0.2, 0.25) is 0 Å². The molecule has 1 rings (SSSR count). The Labute approximate surface area is 84.6 Å². The van der Waals surface area contributed by atoms with Gasteiger partial charge in [0.25, 0.3) is 0 Å². The van der Waals surface area contributed by atoms with Gasteiger partial charge in [-0.3, -0.25) is 4.79 Å². The molecule has 0 saturated heterocycles. The average Bonchev–Trinajstić information content (AvgIpc) is 2.14. The Balaban J connectivity index is 2.29. The Morgan fingerprint density at radius 1 is 1.64 bits per heavy atom. The van der Waals surface area contributed by atoms with E-state index in [1.54, 1.807) is 0 Å². The van der Waals surface area contributed by atoms with Crippen LogP contribution in [0.3, 0.4) is 0 Å². The monoisotopic (exact) mass is 201 g/mol. The first kappa shape index (κ1) is 11.5. The van der Waals surface area contributed by atoms with Gasteiger partial charge in [0.15, 0.2) is 0 Å². The number of carbonyl (C=O) groups excluding carboxylic acids is 1. The molecular formula is C10H19NO3. The van der Waals surface area contributed by atoms with Crippen LogP contribution in [-0.4, -0.2) is 36.4 Å². The van der Waals surface area contributed by atoms with Crippen LogP contribution in [0.4, 0.5) is 0 Å². The summed E-state index contributed by atoms with van der Waals surface area (Å²) in [4.78, 5) is 11.3. The minimum absolute atomic E-state index is 0.0745. The minimum Gasteiger partial charge on any atom is -0.392 e. The van der Waals surface area contributed by atoms with Gasteiger partial charge in [-0.1, -0.05) is 13.8 Å². The zero-order chi connectivity index (χ0) is 10.8. The molecule has 1 amide bonds. The molecule has 14 heavy (non-hydrogen) atoms. The second-order valence-electron chi connectivity index (χ2n) is 4.33. The van der Waals surface area contributed by atoms with Crippen LogP contribution >= 0.6 is 0 Å². The van der Waals surface area contributed by atoms with Gasteiger partial charge in [-0.15, -0.1) is 0 Å². The van der Waals surface area contributed by atoms with Crippen molar-refractivity contribution in [1.82, 2.24) is 5.32 Å². The maximum absolute atomic E-state index is 11.3. The van der Waals surface area contributed by atoms with Crippen molar-refractivity contribution in [3.05, 3.63) is 0 Å². The first-order valence-corrected chi connectivity index (χ1v) is 5.03. The number of aliphatic hydroxyl groups excluding tert-OH is 1. The van der Waals surface area contributed by atoms with Crippen molar-refractivity contribution in [3.63, 3.8) is 0 Å². The number of ether oxygens (including phenoxy) is 1. The van der Waals surface area contributed by atoms with Crippen molar-refractivity contribution < 1.29 is 14.6 Å². The van der Waals surface area contributed by atoms with Gasteiger partial charge in [0.2, 0.25) is 5.91 Å². The van der Waals surface area contributed by atoms with Crippen molar-refractivity contribution in [2.75, 3.05) is 13.2 Å². The first-order valence-electron chi connectivity index (χ1n) is 5.03. The summed E-state index contributed by atoms with van der Waals surface area (Å²) < 4.78 is 4.99. The molecule has 4 heteroatoms. The second kappa shape index (κ2) is 4.28. The molecule has 4 nitrogen and oxygen atoms in total. The Hall–Kier alpha value is -0.610. The van der Waals surface area contributed by atoms with Gasteiger partial charge in [-0.25, -0.2) is 0 Å². The highest BCUT2D eigenvalue weighted by molar-refractivity contribution is 5.77. The molecule has 1 aliphatic rings. The first-order chi connectivity index (χ1) is 6.48. The third-order valence-corrected chi connectivity index (χ3v) is 2.99. The molecule has 1 fully saturated rings. The highest BCUT2D eigenvalue weighted by Gasteiger charge is 2.47. The van der Waals surface area contributed by atoms with Gasteiger partial charge < -0.3 is 15.2 Å². The van der Waals surface area contributed by atoms with Crippen LogP contribution in [0.15, 0.2) is 0 Å². The lowest BCUT2D eigenvalue weighted by molar-refractivity contribution is -0.133. The number of carbonyl (C=O) groups is 1. The quantitative estimate of drug-likeness (QED) is 0.687. The lowest BCUT2D eigenvalue weighted by Crippen LogP contribution is -2.61. The molecule has 1 aliphatic carbocycles. The SMILES string of the molecule is CCOCC(=O)NC1CC(O)C1(C)C. The van der Waals surface area contributed by atoms with Crippen molar-refractivity contribution in [1.29, 1.82) is 0 Å². The Morgan fingerprint density at radius 2 is 2.29 bits per heavy atom. The molecule has 0 aromatic heterocycles. The molecule has 2 unspecified atom stereocenters. The van der Waals surface area contributed by atoms with Crippen molar-refractivity contribution in [3.8, 4) is 0 Å². The summed E-state index contributed by atoms with van der Waals surface area (Å²) in [6, 6.07) is 0.0745. The second-order valence-corrected chi connectivity index (χ2v) is 4.33. The maximum Gasteiger partial charge on any atom is 0.246 e. The van der Waals surface area contributed by atoms with Gasteiger partial charge in [0.1, 0.15) is 6.61 Å². The Kier molecular flexibility index (Phi) is 3.50. The normalized spacial score (nSPS) is 29.4. The lowest BCUT2D eigenvalue weighted by Gasteiger charge is -2.49. The summed E-state index contributed by atoms with van der Waals surface area (Å²) in [5.74, 6) is -0.100. The van der Waals surface area contributed by atoms with E-state index in [0.717, 1.165) is 0 Å². The fourth-order valence-corrected chi connectivity index (χ4v) is 1.58. The molecular weight excluding hydrogens is 182 g/mol. The third-order valence-electron chi connectivity index (χ3n) is 2.99. The average molecular weight is 201 g/mol. The van der Waals surface area contributed by atoms with E-state index in [4.69, 9.17) is 4.74 Å². The molecule has 82 valence electrons. The smallest absolute Gasteiger partial charge is 0.246 e. The highest BCUT2D eigenvalue weighted by Crippen LogP contribution is 2.40. The molecule has 2 atom stereocenters. The van der Waals surface area contributed by atoms with E-state index in [2.05, 4.69) is 5.32 Å². The maximum atomic E-state index is 11.3. The largest absolute Gasteiger partial charge is 0.392 e. The number of aliphatic hydroxyl groups is 1. The van der Waals surface area contributed by atoms with Gasteiger partial charge in [0.05, 0.1) is 6.10 Å². The molecule has 0 spiro atoms. The van der Waals surface area contributed by atoms with Gasteiger partial charge >= 0.3 is 0 Å². The van der Waals surface area contributed by atoms with Crippen LogP contribution in [0, 0.1) is 5.41 Å². The van der Waals surface area contributed by atoms with E-state index in [1.165, 1.54) is 0 Å². The van der Waals surface area contributed by atoms with E-state index in [9.17, 15) is 9.90 Å². The zero-order valence-electron chi connectivity index (χ0n) is 9.04. The van der Waals surface area contributed by atoms with Crippen LogP contribution in [0.25, 0.3) is 0 Å². The molecule has 1 saturated carbocycles. The summed E-state index contributed by atoms with van der Waals surface area (Å²) >= 11 is 0.